The van der Waals surface area contributed by atoms with Crippen molar-refractivity contribution in [3.63, 3.8) is 0 Å². The van der Waals surface area contributed by atoms with E-state index in [9.17, 15) is 4.79 Å². The highest BCUT2D eigenvalue weighted by molar-refractivity contribution is 6.31. The molecular formula is C12H17ClN2O2. The van der Waals surface area contributed by atoms with Crippen LogP contribution in [0.25, 0.3) is 0 Å². The molecule has 1 atom stereocenters. The number of carbonyl (C=O) groups is 1. The Hall–Kier alpha value is -1.26. The van der Waals surface area contributed by atoms with E-state index < -0.39 is 0 Å². The molecule has 0 saturated carbocycles. The Morgan fingerprint density at radius 2 is 2.29 bits per heavy atom. The molecule has 1 amide bonds. The molecule has 1 aromatic carbocycles. The zero-order valence-electron chi connectivity index (χ0n) is 10.00. The number of hydrogen-bond acceptors (Lipinski definition) is 3. The number of benzene rings is 1. The van der Waals surface area contributed by atoms with Crippen molar-refractivity contribution in [2.75, 3.05) is 0 Å². The standard InChI is InChI=1S/C12H17ClN2O2/c1-8-7-10(4-5-11(8)13)17-9(2)3-6-12(16)15-14/h4-5,7,9H,3,6,14H2,1-2H3,(H,15,16). The number of aryl methyl sites for hydroxylation is 1. The summed E-state index contributed by atoms with van der Waals surface area (Å²) in [5.41, 5.74) is 3.06. The number of rotatable bonds is 5. The summed E-state index contributed by atoms with van der Waals surface area (Å²) in [6, 6.07) is 5.49. The number of carbonyl (C=O) groups excluding carboxylic acids is 1. The summed E-state index contributed by atoms with van der Waals surface area (Å²) in [6.07, 6.45) is 0.919. The van der Waals surface area contributed by atoms with E-state index in [4.69, 9.17) is 22.2 Å². The third kappa shape index (κ3) is 4.63. The molecule has 1 aromatic rings. The Bertz CT molecular complexity index is 396. The summed E-state index contributed by atoms with van der Waals surface area (Å²) in [5, 5.41) is 0.715. The van der Waals surface area contributed by atoms with Gasteiger partial charge in [0.05, 0.1) is 6.10 Å². The van der Waals surface area contributed by atoms with Gasteiger partial charge in [0.15, 0.2) is 0 Å². The highest BCUT2D eigenvalue weighted by atomic mass is 35.5. The first-order valence-corrected chi connectivity index (χ1v) is 5.83. The summed E-state index contributed by atoms with van der Waals surface area (Å²) in [4.78, 5) is 11.0. The van der Waals surface area contributed by atoms with Crippen LogP contribution >= 0.6 is 11.6 Å². The van der Waals surface area contributed by atoms with E-state index in [0.29, 0.717) is 17.9 Å². The molecule has 4 nitrogen and oxygen atoms in total. The summed E-state index contributed by atoms with van der Waals surface area (Å²) < 4.78 is 5.67. The van der Waals surface area contributed by atoms with Crippen LogP contribution in [0.15, 0.2) is 18.2 Å². The van der Waals surface area contributed by atoms with Crippen LogP contribution in [-0.2, 0) is 4.79 Å². The van der Waals surface area contributed by atoms with Crippen LogP contribution in [0.4, 0.5) is 0 Å². The third-order valence-corrected chi connectivity index (χ3v) is 2.83. The van der Waals surface area contributed by atoms with E-state index in [1.165, 1.54) is 0 Å². The topological polar surface area (TPSA) is 64.3 Å². The fourth-order valence-corrected chi connectivity index (χ4v) is 1.51. The lowest BCUT2D eigenvalue weighted by Crippen LogP contribution is -2.30. The monoisotopic (exact) mass is 256 g/mol. The minimum atomic E-state index is -0.187. The Morgan fingerprint density at radius 1 is 1.59 bits per heavy atom. The second-order valence-electron chi connectivity index (χ2n) is 3.95. The number of hydrogen-bond donors (Lipinski definition) is 2. The fraction of sp³-hybridized carbons (Fsp3) is 0.417. The maximum atomic E-state index is 11.0. The molecule has 0 heterocycles. The van der Waals surface area contributed by atoms with E-state index in [2.05, 4.69) is 5.43 Å². The number of nitrogens with one attached hydrogen (secondary N) is 1. The second kappa shape index (κ2) is 6.47. The molecule has 0 bridgehead atoms. The van der Waals surface area contributed by atoms with Gasteiger partial charge >= 0.3 is 0 Å². The van der Waals surface area contributed by atoms with E-state index in [-0.39, 0.29) is 12.0 Å². The lowest BCUT2D eigenvalue weighted by Gasteiger charge is -2.14. The first-order chi connectivity index (χ1) is 8.02. The summed E-state index contributed by atoms with van der Waals surface area (Å²) >= 11 is 5.92. The first-order valence-electron chi connectivity index (χ1n) is 5.45. The largest absolute Gasteiger partial charge is 0.491 e. The van der Waals surface area contributed by atoms with Crippen LogP contribution in [0.3, 0.4) is 0 Å². The summed E-state index contributed by atoms with van der Waals surface area (Å²) in [7, 11) is 0. The molecule has 1 rings (SSSR count). The Morgan fingerprint density at radius 3 is 2.88 bits per heavy atom. The van der Waals surface area contributed by atoms with Gasteiger partial charge in [0.25, 0.3) is 0 Å². The van der Waals surface area contributed by atoms with Gasteiger partial charge in [0.2, 0.25) is 5.91 Å². The fourth-order valence-electron chi connectivity index (χ4n) is 1.39. The molecule has 0 aliphatic carbocycles. The average Bonchev–Trinajstić information content (AvgIpc) is 2.31. The molecule has 3 N–H and O–H groups in total. The Labute approximate surface area is 106 Å². The van der Waals surface area contributed by atoms with Crippen LogP contribution < -0.4 is 16.0 Å². The number of nitrogens with two attached hydrogens (primary N) is 1. The predicted molar refractivity (Wildman–Crippen MR) is 67.8 cm³/mol. The normalized spacial score (nSPS) is 12.0. The predicted octanol–water partition coefficient (Wildman–Crippen LogP) is 2.19. The van der Waals surface area contributed by atoms with Gasteiger partial charge in [-0.15, -0.1) is 0 Å². The van der Waals surface area contributed by atoms with Crippen molar-refractivity contribution in [1.82, 2.24) is 5.43 Å². The SMILES string of the molecule is Cc1cc(OC(C)CCC(=O)NN)ccc1Cl. The van der Waals surface area contributed by atoms with Crippen LogP contribution in [0.2, 0.25) is 5.02 Å². The smallest absolute Gasteiger partial charge is 0.234 e. The molecule has 0 aliphatic heterocycles. The van der Waals surface area contributed by atoms with E-state index >= 15 is 0 Å². The number of hydrazine groups is 1. The minimum absolute atomic E-state index is 0.0483. The molecule has 5 heteroatoms. The van der Waals surface area contributed by atoms with Crippen molar-refractivity contribution in [1.29, 1.82) is 0 Å². The van der Waals surface area contributed by atoms with Gasteiger partial charge in [-0.2, -0.15) is 0 Å². The van der Waals surface area contributed by atoms with Gasteiger partial charge in [-0.1, -0.05) is 11.6 Å². The lowest BCUT2D eigenvalue weighted by atomic mass is 10.2. The van der Waals surface area contributed by atoms with Crippen molar-refractivity contribution in [2.24, 2.45) is 5.84 Å². The highest BCUT2D eigenvalue weighted by Crippen LogP contribution is 2.22. The van der Waals surface area contributed by atoms with Gasteiger partial charge in [0.1, 0.15) is 5.75 Å². The minimum Gasteiger partial charge on any atom is -0.491 e. The van der Waals surface area contributed by atoms with Crippen LogP contribution in [0.5, 0.6) is 5.75 Å². The maximum absolute atomic E-state index is 11.0. The van der Waals surface area contributed by atoms with Gasteiger partial charge in [-0.25, -0.2) is 5.84 Å². The van der Waals surface area contributed by atoms with Crippen molar-refractivity contribution in [3.05, 3.63) is 28.8 Å². The molecule has 1 unspecified atom stereocenters. The number of halogens is 1. The average molecular weight is 257 g/mol. The zero-order chi connectivity index (χ0) is 12.8. The molecule has 17 heavy (non-hydrogen) atoms. The van der Waals surface area contributed by atoms with Gasteiger partial charge in [-0.05, 0) is 44.0 Å². The van der Waals surface area contributed by atoms with Gasteiger partial charge in [-0.3, -0.25) is 10.2 Å². The van der Waals surface area contributed by atoms with E-state index in [0.717, 1.165) is 11.3 Å². The molecule has 0 saturated heterocycles. The molecule has 0 spiro atoms. The highest BCUT2D eigenvalue weighted by Gasteiger charge is 2.08. The second-order valence-corrected chi connectivity index (χ2v) is 4.35. The molecule has 0 radical (unpaired) electrons. The number of ether oxygens (including phenoxy) is 1. The molecule has 94 valence electrons. The maximum Gasteiger partial charge on any atom is 0.234 e. The van der Waals surface area contributed by atoms with Crippen LogP contribution in [-0.4, -0.2) is 12.0 Å². The number of amides is 1. The Kier molecular flexibility index (Phi) is 5.25. The lowest BCUT2D eigenvalue weighted by molar-refractivity contribution is -0.121. The third-order valence-electron chi connectivity index (χ3n) is 2.41. The van der Waals surface area contributed by atoms with Gasteiger partial charge < -0.3 is 4.74 Å². The summed E-state index contributed by atoms with van der Waals surface area (Å²) in [5.74, 6) is 5.56. The Balaban J connectivity index is 2.47. The molecule has 0 aromatic heterocycles. The summed E-state index contributed by atoms with van der Waals surface area (Å²) in [6.45, 7) is 3.83. The van der Waals surface area contributed by atoms with Crippen molar-refractivity contribution in [2.45, 2.75) is 32.8 Å². The van der Waals surface area contributed by atoms with E-state index in [1.54, 1.807) is 6.07 Å². The van der Waals surface area contributed by atoms with Crippen molar-refractivity contribution >= 4 is 17.5 Å². The first kappa shape index (κ1) is 13.8. The molecule has 0 aliphatic rings. The van der Waals surface area contributed by atoms with Crippen molar-refractivity contribution in [3.8, 4) is 5.75 Å². The van der Waals surface area contributed by atoms with Gasteiger partial charge in [0, 0.05) is 11.4 Å². The molecular weight excluding hydrogens is 240 g/mol. The molecule has 0 fully saturated rings. The van der Waals surface area contributed by atoms with Crippen LogP contribution in [0.1, 0.15) is 25.3 Å². The zero-order valence-corrected chi connectivity index (χ0v) is 10.8. The van der Waals surface area contributed by atoms with Crippen molar-refractivity contribution < 1.29 is 9.53 Å². The van der Waals surface area contributed by atoms with Crippen LogP contribution in [0, 0.1) is 6.92 Å². The van der Waals surface area contributed by atoms with E-state index in [1.807, 2.05) is 26.0 Å². The quantitative estimate of drug-likeness (QED) is 0.482.